The number of ether oxygens (including phenoxy) is 1. The van der Waals surface area contributed by atoms with Crippen LogP contribution in [0.2, 0.25) is 0 Å². The van der Waals surface area contributed by atoms with E-state index in [0.29, 0.717) is 17.4 Å². The Morgan fingerprint density at radius 2 is 1.96 bits per heavy atom. The average molecular weight is 368 g/mol. The lowest BCUT2D eigenvalue weighted by atomic mass is 10.3. The van der Waals surface area contributed by atoms with Crippen molar-refractivity contribution in [3.05, 3.63) is 0 Å². The standard InChI is InChI=1S/C13H16N6O3S2/c1-2-22-12(21)16-11-17-18-13(24-11)23-9-10(20)19(7-3-5-14)8-4-6-15/h2-4,7-9H2,1H3,(H,16,17,21). The van der Waals surface area contributed by atoms with Crippen molar-refractivity contribution in [3.8, 4) is 12.1 Å². The molecule has 1 aromatic heterocycles. The van der Waals surface area contributed by atoms with Gasteiger partial charge in [0.05, 0.1) is 37.3 Å². The van der Waals surface area contributed by atoms with Gasteiger partial charge in [-0.3, -0.25) is 10.1 Å². The van der Waals surface area contributed by atoms with Crippen LogP contribution < -0.4 is 5.32 Å². The normalized spacial score (nSPS) is 9.62. The first-order chi connectivity index (χ1) is 11.6. The van der Waals surface area contributed by atoms with Crippen molar-refractivity contribution in [1.82, 2.24) is 15.1 Å². The Bertz CT molecular complexity index is 618. The lowest BCUT2D eigenvalue weighted by molar-refractivity contribution is -0.128. The van der Waals surface area contributed by atoms with E-state index < -0.39 is 6.09 Å². The zero-order chi connectivity index (χ0) is 17.8. The summed E-state index contributed by atoms with van der Waals surface area (Å²) in [5, 5.41) is 27.6. The number of nitrogens with zero attached hydrogens (tertiary/aromatic N) is 5. The monoisotopic (exact) mass is 368 g/mol. The molecule has 2 amide bonds. The topological polar surface area (TPSA) is 132 Å². The van der Waals surface area contributed by atoms with E-state index in [1.54, 1.807) is 6.92 Å². The summed E-state index contributed by atoms with van der Waals surface area (Å²) in [5.41, 5.74) is 0. The minimum Gasteiger partial charge on any atom is -0.450 e. The number of thioether (sulfide) groups is 1. The number of amides is 2. The second kappa shape index (κ2) is 11.2. The molecular formula is C13H16N6O3S2. The number of nitriles is 2. The minimum atomic E-state index is -0.611. The molecule has 0 fully saturated rings. The fourth-order valence-corrected chi connectivity index (χ4v) is 3.16. The van der Waals surface area contributed by atoms with Crippen LogP contribution in [0.4, 0.5) is 9.93 Å². The summed E-state index contributed by atoms with van der Waals surface area (Å²) in [6, 6.07) is 3.96. The van der Waals surface area contributed by atoms with Gasteiger partial charge in [-0.05, 0) is 6.92 Å². The van der Waals surface area contributed by atoms with Crippen LogP contribution >= 0.6 is 23.1 Å². The van der Waals surface area contributed by atoms with Crippen molar-refractivity contribution in [2.75, 3.05) is 30.8 Å². The van der Waals surface area contributed by atoms with Gasteiger partial charge in [0.2, 0.25) is 11.0 Å². The van der Waals surface area contributed by atoms with Crippen LogP contribution in [-0.4, -0.2) is 52.5 Å². The molecular weight excluding hydrogens is 352 g/mol. The number of hydrogen-bond acceptors (Lipinski definition) is 9. The SMILES string of the molecule is CCOC(=O)Nc1nnc(SCC(=O)N(CCC#N)CCC#N)s1. The Morgan fingerprint density at radius 1 is 1.29 bits per heavy atom. The molecule has 1 aromatic rings. The Kier molecular flexibility index (Phi) is 9.19. The van der Waals surface area contributed by atoms with Gasteiger partial charge < -0.3 is 9.64 Å². The van der Waals surface area contributed by atoms with E-state index in [0.717, 1.165) is 11.3 Å². The van der Waals surface area contributed by atoms with Crippen LogP contribution in [0.5, 0.6) is 0 Å². The Labute approximate surface area is 147 Å². The first-order valence-electron chi connectivity index (χ1n) is 7.02. The molecule has 0 aliphatic carbocycles. The first-order valence-corrected chi connectivity index (χ1v) is 8.82. The number of aromatic nitrogens is 2. The molecule has 0 aliphatic heterocycles. The summed E-state index contributed by atoms with van der Waals surface area (Å²) >= 11 is 2.31. The maximum atomic E-state index is 12.2. The lowest BCUT2D eigenvalue weighted by Crippen LogP contribution is -2.34. The summed E-state index contributed by atoms with van der Waals surface area (Å²) in [7, 11) is 0. The predicted octanol–water partition coefficient (Wildman–Crippen LogP) is 1.85. The van der Waals surface area contributed by atoms with E-state index in [4.69, 9.17) is 15.3 Å². The largest absolute Gasteiger partial charge is 0.450 e. The molecule has 128 valence electrons. The van der Waals surface area contributed by atoms with Crippen molar-refractivity contribution < 1.29 is 14.3 Å². The molecule has 0 aromatic carbocycles. The van der Waals surface area contributed by atoms with Gasteiger partial charge in [0.1, 0.15) is 0 Å². The van der Waals surface area contributed by atoms with Gasteiger partial charge in [-0.1, -0.05) is 23.1 Å². The smallest absolute Gasteiger partial charge is 0.413 e. The molecule has 1 rings (SSSR count). The molecule has 0 unspecified atom stereocenters. The van der Waals surface area contributed by atoms with Crippen LogP contribution in [0.15, 0.2) is 4.34 Å². The van der Waals surface area contributed by atoms with Crippen LogP contribution in [0, 0.1) is 22.7 Å². The third-order valence-corrected chi connectivity index (χ3v) is 4.51. The summed E-state index contributed by atoms with van der Waals surface area (Å²) < 4.78 is 5.25. The highest BCUT2D eigenvalue weighted by molar-refractivity contribution is 8.01. The quantitative estimate of drug-likeness (QED) is 0.516. The van der Waals surface area contributed by atoms with Crippen LogP contribution in [0.25, 0.3) is 0 Å². The van der Waals surface area contributed by atoms with Gasteiger partial charge >= 0.3 is 6.09 Å². The van der Waals surface area contributed by atoms with Crippen LogP contribution in [-0.2, 0) is 9.53 Å². The number of carbonyl (C=O) groups excluding carboxylic acids is 2. The molecule has 0 saturated carbocycles. The molecule has 0 atom stereocenters. The molecule has 0 saturated heterocycles. The third-order valence-electron chi connectivity index (χ3n) is 2.55. The third kappa shape index (κ3) is 7.26. The zero-order valence-electron chi connectivity index (χ0n) is 13.0. The molecule has 0 radical (unpaired) electrons. The molecule has 11 heteroatoms. The van der Waals surface area contributed by atoms with Crippen molar-refractivity contribution in [3.63, 3.8) is 0 Å². The number of hydrogen-bond donors (Lipinski definition) is 1. The highest BCUT2D eigenvalue weighted by Crippen LogP contribution is 2.25. The van der Waals surface area contributed by atoms with E-state index in [1.807, 2.05) is 12.1 Å². The highest BCUT2D eigenvalue weighted by atomic mass is 32.2. The fraction of sp³-hybridized carbons (Fsp3) is 0.538. The van der Waals surface area contributed by atoms with Gasteiger partial charge in [0.15, 0.2) is 4.34 Å². The molecule has 0 spiro atoms. The molecule has 0 bridgehead atoms. The average Bonchev–Trinajstić information content (AvgIpc) is 3.00. The molecule has 1 heterocycles. The van der Waals surface area contributed by atoms with Crippen molar-refractivity contribution in [2.45, 2.75) is 24.1 Å². The highest BCUT2D eigenvalue weighted by Gasteiger charge is 2.15. The van der Waals surface area contributed by atoms with Crippen molar-refractivity contribution in [2.24, 2.45) is 0 Å². The second-order valence-electron chi connectivity index (χ2n) is 4.20. The molecule has 0 aliphatic rings. The lowest BCUT2D eigenvalue weighted by Gasteiger charge is -2.19. The van der Waals surface area contributed by atoms with Gasteiger partial charge in [0, 0.05) is 13.1 Å². The minimum absolute atomic E-state index is 0.116. The number of carbonyl (C=O) groups is 2. The van der Waals surface area contributed by atoms with Crippen molar-refractivity contribution >= 4 is 40.2 Å². The van der Waals surface area contributed by atoms with E-state index in [9.17, 15) is 9.59 Å². The van der Waals surface area contributed by atoms with Crippen LogP contribution in [0.3, 0.4) is 0 Å². The fourth-order valence-electron chi connectivity index (χ4n) is 1.52. The summed E-state index contributed by atoms with van der Waals surface area (Å²) in [4.78, 5) is 24.9. The Hall–Kier alpha value is -2.37. The summed E-state index contributed by atoms with van der Waals surface area (Å²) in [5.74, 6) is -0.0640. The Morgan fingerprint density at radius 3 is 2.54 bits per heavy atom. The molecule has 9 nitrogen and oxygen atoms in total. The Balaban J connectivity index is 2.50. The van der Waals surface area contributed by atoms with Gasteiger partial charge in [-0.25, -0.2) is 4.79 Å². The van der Waals surface area contributed by atoms with Crippen molar-refractivity contribution in [1.29, 1.82) is 10.5 Å². The van der Waals surface area contributed by atoms with Crippen LogP contribution in [0.1, 0.15) is 19.8 Å². The molecule has 24 heavy (non-hydrogen) atoms. The summed E-state index contributed by atoms with van der Waals surface area (Å²) in [6.07, 6.45) is -0.178. The zero-order valence-corrected chi connectivity index (χ0v) is 14.7. The van der Waals surface area contributed by atoms with E-state index >= 15 is 0 Å². The predicted molar refractivity (Wildman–Crippen MR) is 88.3 cm³/mol. The van der Waals surface area contributed by atoms with E-state index in [-0.39, 0.29) is 36.2 Å². The van der Waals surface area contributed by atoms with Gasteiger partial charge in [0.25, 0.3) is 0 Å². The number of rotatable bonds is 9. The van der Waals surface area contributed by atoms with E-state index in [2.05, 4.69) is 15.5 Å². The van der Waals surface area contributed by atoms with Gasteiger partial charge in [-0.15, -0.1) is 10.2 Å². The van der Waals surface area contributed by atoms with Gasteiger partial charge in [-0.2, -0.15) is 10.5 Å². The number of anilines is 1. The van der Waals surface area contributed by atoms with E-state index in [1.165, 1.54) is 16.7 Å². The summed E-state index contributed by atoms with van der Waals surface area (Å²) in [6.45, 7) is 2.53. The second-order valence-corrected chi connectivity index (χ2v) is 6.40. The maximum absolute atomic E-state index is 12.2. The molecule has 1 N–H and O–H groups in total. The first kappa shape index (κ1) is 19.7. The number of nitrogens with one attached hydrogen (secondary N) is 1. The maximum Gasteiger partial charge on any atom is 0.413 e.